The quantitative estimate of drug-likeness (QED) is 0.789. The molecule has 0 aliphatic heterocycles. The van der Waals surface area contributed by atoms with Gasteiger partial charge in [-0.05, 0) is 35.1 Å². The molecule has 1 aromatic carbocycles. The van der Waals surface area contributed by atoms with E-state index in [1.165, 1.54) is 0 Å². The van der Waals surface area contributed by atoms with Gasteiger partial charge < -0.3 is 5.11 Å². The van der Waals surface area contributed by atoms with Crippen molar-refractivity contribution in [1.82, 2.24) is 9.97 Å². The summed E-state index contributed by atoms with van der Waals surface area (Å²) in [5.41, 5.74) is 2.68. The molecule has 3 heteroatoms. The van der Waals surface area contributed by atoms with Gasteiger partial charge in [-0.2, -0.15) is 0 Å². The Labute approximate surface area is 117 Å². The summed E-state index contributed by atoms with van der Waals surface area (Å²) >= 11 is 0. The van der Waals surface area contributed by atoms with Gasteiger partial charge in [-0.15, -0.1) is 0 Å². The molecule has 0 bridgehead atoms. The standard InChI is InChI=1S/C17H16N2O/c1-2-12-6-4-9-19-16(12)17(20)15-7-3-5-13-11-18-10-8-14(13)15/h3-11,17,20H,2H2,1H3. The van der Waals surface area contributed by atoms with Crippen LogP contribution < -0.4 is 0 Å². The van der Waals surface area contributed by atoms with E-state index in [2.05, 4.69) is 16.9 Å². The van der Waals surface area contributed by atoms with Crippen molar-refractivity contribution in [1.29, 1.82) is 0 Å². The van der Waals surface area contributed by atoms with Crippen molar-refractivity contribution in [3.8, 4) is 0 Å². The molecular formula is C17H16N2O. The Kier molecular flexibility index (Phi) is 3.44. The smallest absolute Gasteiger partial charge is 0.122 e. The van der Waals surface area contributed by atoms with Gasteiger partial charge in [0.1, 0.15) is 6.10 Å². The molecule has 0 fully saturated rings. The number of nitrogens with zero attached hydrogens (tertiary/aromatic N) is 2. The Morgan fingerprint density at radius 2 is 2.00 bits per heavy atom. The molecule has 0 aliphatic carbocycles. The number of fused-ring (bicyclic) bond motifs is 1. The summed E-state index contributed by atoms with van der Waals surface area (Å²) in [7, 11) is 0. The molecule has 0 amide bonds. The van der Waals surface area contributed by atoms with Crippen LogP contribution in [0.3, 0.4) is 0 Å². The SMILES string of the molecule is CCc1cccnc1C(O)c1cccc2cnccc12. The molecule has 0 spiro atoms. The maximum absolute atomic E-state index is 10.7. The van der Waals surface area contributed by atoms with E-state index in [1.54, 1.807) is 12.4 Å². The number of hydrogen-bond acceptors (Lipinski definition) is 3. The number of aliphatic hydroxyl groups is 1. The summed E-state index contributed by atoms with van der Waals surface area (Å²) in [4.78, 5) is 8.49. The van der Waals surface area contributed by atoms with Crippen LogP contribution in [0.15, 0.2) is 55.0 Å². The van der Waals surface area contributed by atoms with E-state index in [-0.39, 0.29) is 0 Å². The van der Waals surface area contributed by atoms with Crippen LogP contribution in [0.5, 0.6) is 0 Å². The van der Waals surface area contributed by atoms with Crippen LogP contribution in [0.2, 0.25) is 0 Å². The second-order valence-electron chi connectivity index (χ2n) is 4.75. The highest BCUT2D eigenvalue weighted by Gasteiger charge is 2.17. The predicted molar refractivity (Wildman–Crippen MR) is 79.4 cm³/mol. The van der Waals surface area contributed by atoms with E-state index in [4.69, 9.17) is 0 Å². The number of aryl methyl sites for hydroxylation is 1. The molecule has 1 N–H and O–H groups in total. The van der Waals surface area contributed by atoms with Crippen molar-refractivity contribution in [2.45, 2.75) is 19.4 Å². The lowest BCUT2D eigenvalue weighted by molar-refractivity contribution is 0.215. The van der Waals surface area contributed by atoms with E-state index < -0.39 is 6.10 Å². The zero-order chi connectivity index (χ0) is 13.9. The largest absolute Gasteiger partial charge is 0.382 e. The second-order valence-corrected chi connectivity index (χ2v) is 4.75. The summed E-state index contributed by atoms with van der Waals surface area (Å²) in [6.07, 6.45) is 5.43. The molecule has 0 saturated carbocycles. The number of aliphatic hydroxyl groups excluding tert-OH is 1. The normalized spacial score (nSPS) is 12.5. The third-order valence-corrected chi connectivity index (χ3v) is 3.58. The molecule has 2 heterocycles. The first kappa shape index (κ1) is 12.8. The molecule has 1 atom stereocenters. The highest BCUT2D eigenvalue weighted by molar-refractivity contribution is 5.85. The fourth-order valence-corrected chi connectivity index (χ4v) is 2.53. The average Bonchev–Trinajstić information content (AvgIpc) is 2.53. The number of benzene rings is 1. The first-order valence-electron chi connectivity index (χ1n) is 6.75. The van der Waals surface area contributed by atoms with Crippen LogP contribution in [-0.4, -0.2) is 15.1 Å². The minimum Gasteiger partial charge on any atom is -0.382 e. The van der Waals surface area contributed by atoms with Crippen molar-refractivity contribution in [3.63, 3.8) is 0 Å². The number of pyridine rings is 2. The highest BCUT2D eigenvalue weighted by atomic mass is 16.3. The summed E-state index contributed by atoms with van der Waals surface area (Å²) in [6.45, 7) is 2.07. The minimum atomic E-state index is -0.711. The van der Waals surface area contributed by atoms with Gasteiger partial charge in [0, 0.05) is 24.0 Å². The van der Waals surface area contributed by atoms with Crippen LogP contribution in [0.25, 0.3) is 10.8 Å². The lowest BCUT2D eigenvalue weighted by Crippen LogP contribution is -2.06. The van der Waals surface area contributed by atoms with E-state index >= 15 is 0 Å². The van der Waals surface area contributed by atoms with Crippen molar-refractivity contribution < 1.29 is 5.11 Å². The van der Waals surface area contributed by atoms with Crippen LogP contribution >= 0.6 is 0 Å². The van der Waals surface area contributed by atoms with Crippen LogP contribution in [-0.2, 0) is 6.42 Å². The molecule has 0 saturated heterocycles. The van der Waals surface area contributed by atoms with Crippen molar-refractivity contribution >= 4 is 10.8 Å². The van der Waals surface area contributed by atoms with Gasteiger partial charge in [-0.25, -0.2) is 0 Å². The Hall–Kier alpha value is -2.26. The number of hydrogen-bond donors (Lipinski definition) is 1. The molecule has 0 radical (unpaired) electrons. The maximum Gasteiger partial charge on any atom is 0.122 e. The monoisotopic (exact) mass is 264 g/mol. The fraction of sp³-hybridized carbons (Fsp3) is 0.176. The molecule has 3 rings (SSSR count). The Balaban J connectivity index is 2.15. The van der Waals surface area contributed by atoms with Gasteiger partial charge in [0.2, 0.25) is 0 Å². The highest BCUT2D eigenvalue weighted by Crippen LogP contribution is 2.29. The number of aromatic nitrogens is 2. The molecule has 3 aromatic rings. The zero-order valence-corrected chi connectivity index (χ0v) is 11.3. The van der Waals surface area contributed by atoms with Gasteiger partial charge >= 0.3 is 0 Å². The van der Waals surface area contributed by atoms with Crippen molar-refractivity contribution in [2.75, 3.05) is 0 Å². The maximum atomic E-state index is 10.7. The van der Waals surface area contributed by atoms with Gasteiger partial charge in [0.15, 0.2) is 0 Å². The molecule has 20 heavy (non-hydrogen) atoms. The Bertz CT molecular complexity index is 734. The van der Waals surface area contributed by atoms with E-state index in [0.717, 1.165) is 34.0 Å². The molecule has 1 unspecified atom stereocenters. The van der Waals surface area contributed by atoms with Gasteiger partial charge in [0.25, 0.3) is 0 Å². The summed E-state index contributed by atoms with van der Waals surface area (Å²) in [6, 6.07) is 11.7. The van der Waals surface area contributed by atoms with E-state index in [9.17, 15) is 5.11 Å². The summed E-state index contributed by atoms with van der Waals surface area (Å²) in [5.74, 6) is 0. The lowest BCUT2D eigenvalue weighted by Gasteiger charge is -2.16. The topological polar surface area (TPSA) is 46.0 Å². The first-order chi connectivity index (χ1) is 9.81. The summed E-state index contributed by atoms with van der Waals surface area (Å²) in [5, 5.41) is 12.8. The van der Waals surface area contributed by atoms with Crippen molar-refractivity contribution in [2.24, 2.45) is 0 Å². The van der Waals surface area contributed by atoms with Crippen LogP contribution in [0, 0.1) is 0 Å². The van der Waals surface area contributed by atoms with Gasteiger partial charge in [-0.3, -0.25) is 9.97 Å². The van der Waals surface area contributed by atoms with E-state index in [0.29, 0.717) is 0 Å². The molecule has 0 aliphatic rings. The Morgan fingerprint density at radius 1 is 1.10 bits per heavy atom. The van der Waals surface area contributed by atoms with E-state index in [1.807, 2.05) is 42.6 Å². The molecule has 2 aromatic heterocycles. The minimum absolute atomic E-state index is 0.711. The van der Waals surface area contributed by atoms with Crippen LogP contribution in [0.1, 0.15) is 29.8 Å². The summed E-state index contributed by atoms with van der Waals surface area (Å²) < 4.78 is 0. The molecule has 100 valence electrons. The number of rotatable bonds is 3. The van der Waals surface area contributed by atoms with Crippen LogP contribution in [0.4, 0.5) is 0 Å². The second kappa shape index (κ2) is 5.39. The van der Waals surface area contributed by atoms with Crippen molar-refractivity contribution in [3.05, 3.63) is 71.8 Å². The fourth-order valence-electron chi connectivity index (χ4n) is 2.53. The molecular weight excluding hydrogens is 248 g/mol. The predicted octanol–water partition coefficient (Wildman–Crippen LogP) is 3.27. The third-order valence-electron chi connectivity index (χ3n) is 3.58. The molecule has 3 nitrogen and oxygen atoms in total. The third kappa shape index (κ3) is 2.17. The average molecular weight is 264 g/mol. The Morgan fingerprint density at radius 3 is 2.85 bits per heavy atom. The lowest BCUT2D eigenvalue weighted by atomic mass is 9.96. The zero-order valence-electron chi connectivity index (χ0n) is 11.3. The van der Waals surface area contributed by atoms with Gasteiger partial charge in [-0.1, -0.05) is 31.2 Å². The van der Waals surface area contributed by atoms with Gasteiger partial charge in [0.05, 0.1) is 5.69 Å². The first-order valence-corrected chi connectivity index (χ1v) is 6.75.